The van der Waals surface area contributed by atoms with E-state index in [1.807, 2.05) is 41.7 Å². The number of amides is 1. The van der Waals surface area contributed by atoms with Crippen LogP contribution in [0, 0.1) is 13.8 Å². The number of fused-ring (bicyclic) bond motifs is 1. The zero-order valence-corrected chi connectivity index (χ0v) is 19.2. The van der Waals surface area contributed by atoms with Gasteiger partial charge >= 0.3 is 0 Å². The van der Waals surface area contributed by atoms with Gasteiger partial charge in [0.25, 0.3) is 0 Å². The maximum atomic E-state index is 12.1. The van der Waals surface area contributed by atoms with Gasteiger partial charge < -0.3 is 10.2 Å². The van der Waals surface area contributed by atoms with Crippen molar-refractivity contribution in [1.82, 2.24) is 15.2 Å². The van der Waals surface area contributed by atoms with Crippen molar-refractivity contribution in [1.29, 1.82) is 0 Å². The van der Waals surface area contributed by atoms with Gasteiger partial charge in [-0.15, -0.1) is 11.8 Å². The molecule has 1 N–H and O–H groups in total. The van der Waals surface area contributed by atoms with Crippen LogP contribution in [0.5, 0.6) is 0 Å². The predicted molar refractivity (Wildman–Crippen MR) is 128 cm³/mol. The minimum absolute atomic E-state index is 0.0997. The highest BCUT2D eigenvalue weighted by molar-refractivity contribution is 8.00. The summed E-state index contributed by atoms with van der Waals surface area (Å²) in [6, 6.07) is 14.4. The van der Waals surface area contributed by atoms with Crippen molar-refractivity contribution < 1.29 is 4.79 Å². The summed E-state index contributed by atoms with van der Waals surface area (Å²) in [4.78, 5) is 22.9. The summed E-state index contributed by atoms with van der Waals surface area (Å²) in [5, 5.41) is 4.18. The third-order valence-corrected chi connectivity index (χ3v) is 7.70. The number of anilines is 1. The molecule has 0 unspecified atom stereocenters. The molecule has 0 spiro atoms. The molecular formula is C23H28N4OS2. The van der Waals surface area contributed by atoms with E-state index in [0.29, 0.717) is 12.3 Å². The van der Waals surface area contributed by atoms with Gasteiger partial charge in [0.05, 0.1) is 16.0 Å². The van der Waals surface area contributed by atoms with Crippen molar-refractivity contribution in [2.45, 2.75) is 18.7 Å². The molecule has 2 aromatic carbocycles. The molecule has 0 aliphatic carbocycles. The van der Waals surface area contributed by atoms with Crippen molar-refractivity contribution in [3.63, 3.8) is 0 Å². The summed E-state index contributed by atoms with van der Waals surface area (Å²) >= 11 is 3.39. The molecular weight excluding hydrogens is 412 g/mol. The first-order valence-corrected chi connectivity index (χ1v) is 12.2. The normalized spacial score (nSPS) is 14.9. The maximum Gasteiger partial charge on any atom is 0.230 e. The molecule has 0 bridgehead atoms. The summed E-state index contributed by atoms with van der Waals surface area (Å²) in [6.45, 7) is 9.86. The SMILES string of the molecule is Cc1ccc(C)c2sc(N3CCN(CCNC(=O)CSc4ccccc4)CC3)nc12. The second kappa shape index (κ2) is 9.81. The Kier molecular flexibility index (Phi) is 6.92. The number of hydrogen-bond acceptors (Lipinski definition) is 6. The number of thioether (sulfide) groups is 1. The fraction of sp³-hybridized carbons (Fsp3) is 0.391. The Bertz CT molecular complexity index is 958. The van der Waals surface area contributed by atoms with Crippen LogP contribution in [0.1, 0.15) is 11.1 Å². The summed E-state index contributed by atoms with van der Waals surface area (Å²) < 4.78 is 1.31. The number of hydrogen-bond donors (Lipinski definition) is 1. The van der Waals surface area contributed by atoms with Gasteiger partial charge in [-0.1, -0.05) is 41.7 Å². The van der Waals surface area contributed by atoms with Crippen LogP contribution in [-0.2, 0) is 4.79 Å². The van der Waals surface area contributed by atoms with Gasteiger partial charge in [-0.25, -0.2) is 4.98 Å². The molecule has 1 saturated heterocycles. The van der Waals surface area contributed by atoms with E-state index >= 15 is 0 Å². The van der Waals surface area contributed by atoms with Crippen LogP contribution in [0.2, 0.25) is 0 Å². The molecule has 0 atom stereocenters. The molecule has 7 heteroatoms. The second-order valence-electron chi connectivity index (χ2n) is 7.65. The fourth-order valence-electron chi connectivity index (χ4n) is 3.62. The Morgan fingerprint density at radius 3 is 2.53 bits per heavy atom. The summed E-state index contributed by atoms with van der Waals surface area (Å²) in [5.41, 5.74) is 3.70. The van der Waals surface area contributed by atoms with E-state index in [0.717, 1.165) is 48.3 Å². The molecule has 4 rings (SSSR count). The number of nitrogens with one attached hydrogen (secondary N) is 1. The zero-order valence-electron chi connectivity index (χ0n) is 17.6. The Morgan fingerprint density at radius 2 is 1.80 bits per heavy atom. The molecule has 2 heterocycles. The molecule has 0 radical (unpaired) electrons. The molecule has 30 heavy (non-hydrogen) atoms. The lowest BCUT2D eigenvalue weighted by Crippen LogP contribution is -2.48. The quantitative estimate of drug-likeness (QED) is 0.564. The predicted octanol–water partition coefficient (Wildman–Crippen LogP) is 3.94. The van der Waals surface area contributed by atoms with Crippen molar-refractivity contribution in [3.8, 4) is 0 Å². The molecule has 1 aliphatic heterocycles. The average molecular weight is 441 g/mol. The average Bonchev–Trinajstić information content (AvgIpc) is 3.23. The number of aromatic nitrogens is 1. The van der Waals surface area contributed by atoms with Crippen molar-refractivity contribution >= 4 is 44.4 Å². The molecule has 1 amide bonds. The number of piperazine rings is 1. The number of nitrogens with zero attached hydrogens (tertiary/aromatic N) is 3. The van der Waals surface area contributed by atoms with Gasteiger partial charge in [0.2, 0.25) is 5.91 Å². The number of aryl methyl sites for hydroxylation is 2. The first-order valence-electron chi connectivity index (χ1n) is 10.4. The molecule has 1 fully saturated rings. The summed E-state index contributed by atoms with van der Waals surface area (Å²) in [6.07, 6.45) is 0. The van der Waals surface area contributed by atoms with Crippen LogP contribution in [-0.4, -0.2) is 60.8 Å². The van der Waals surface area contributed by atoms with Crippen LogP contribution in [0.15, 0.2) is 47.4 Å². The van der Waals surface area contributed by atoms with Gasteiger partial charge in [-0.3, -0.25) is 9.69 Å². The second-order valence-corrected chi connectivity index (χ2v) is 9.68. The van der Waals surface area contributed by atoms with Crippen LogP contribution in [0.3, 0.4) is 0 Å². The molecule has 158 valence electrons. The standard InChI is InChI=1S/C23H28N4OS2/c1-17-8-9-18(2)22-21(17)25-23(30-22)27-14-12-26(13-15-27)11-10-24-20(28)16-29-19-6-4-3-5-7-19/h3-9H,10-16H2,1-2H3,(H,24,28). The Hall–Kier alpha value is -2.09. The largest absolute Gasteiger partial charge is 0.354 e. The number of carbonyl (C=O) groups excluding carboxylic acids is 1. The van der Waals surface area contributed by atoms with E-state index in [-0.39, 0.29) is 5.91 Å². The Balaban J connectivity index is 1.20. The summed E-state index contributed by atoms with van der Waals surface area (Å²) in [5.74, 6) is 0.566. The van der Waals surface area contributed by atoms with Crippen LogP contribution in [0.4, 0.5) is 5.13 Å². The summed E-state index contributed by atoms with van der Waals surface area (Å²) in [7, 11) is 0. The molecule has 1 aliphatic rings. The van der Waals surface area contributed by atoms with E-state index < -0.39 is 0 Å². The topological polar surface area (TPSA) is 48.5 Å². The number of carbonyl (C=O) groups is 1. The monoisotopic (exact) mass is 440 g/mol. The Labute approximate surface area is 186 Å². The van der Waals surface area contributed by atoms with E-state index in [9.17, 15) is 4.79 Å². The highest BCUT2D eigenvalue weighted by atomic mass is 32.2. The van der Waals surface area contributed by atoms with Crippen molar-refractivity contribution in [3.05, 3.63) is 53.6 Å². The maximum absolute atomic E-state index is 12.1. The van der Waals surface area contributed by atoms with Crippen molar-refractivity contribution in [2.75, 3.05) is 49.9 Å². The third-order valence-electron chi connectivity index (χ3n) is 5.44. The van der Waals surface area contributed by atoms with Gasteiger partial charge in [-0.2, -0.15) is 0 Å². The van der Waals surface area contributed by atoms with E-state index in [1.165, 1.54) is 15.8 Å². The fourth-order valence-corrected chi connectivity index (χ4v) is 5.53. The highest BCUT2D eigenvalue weighted by Gasteiger charge is 2.20. The van der Waals surface area contributed by atoms with Crippen molar-refractivity contribution in [2.24, 2.45) is 0 Å². The lowest BCUT2D eigenvalue weighted by Gasteiger charge is -2.34. The number of thiazole rings is 1. The zero-order chi connectivity index (χ0) is 20.9. The highest BCUT2D eigenvalue weighted by Crippen LogP contribution is 2.33. The number of rotatable bonds is 7. The first kappa shape index (κ1) is 21.2. The van der Waals surface area contributed by atoms with E-state index in [1.54, 1.807) is 11.8 Å². The molecule has 5 nitrogen and oxygen atoms in total. The van der Waals surface area contributed by atoms with Crippen LogP contribution < -0.4 is 10.2 Å². The smallest absolute Gasteiger partial charge is 0.230 e. The number of benzene rings is 2. The molecule has 1 aromatic heterocycles. The van der Waals surface area contributed by atoms with Crippen LogP contribution >= 0.6 is 23.1 Å². The van der Waals surface area contributed by atoms with E-state index in [4.69, 9.17) is 4.98 Å². The molecule has 3 aromatic rings. The van der Waals surface area contributed by atoms with Gasteiger partial charge in [0.15, 0.2) is 5.13 Å². The van der Waals surface area contributed by atoms with Gasteiger partial charge in [0, 0.05) is 44.2 Å². The third kappa shape index (κ3) is 5.14. The van der Waals surface area contributed by atoms with E-state index in [2.05, 4.69) is 41.1 Å². The van der Waals surface area contributed by atoms with Gasteiger partial charge in [-0.05, 0) is 37.1 Å². The lowest BCUT2D eigenvalue weighted by atomic mass is 10.1. The Morgan fingerprint density at radius 1 is 1.07 bits per heavy atom. The molecule has 0 saturated carbocycles. The van der Waals surface area contributed by atoms with Gasteiger partial charge in [0.1, 0.15) is 0 Å². The lowest BCUT2D eigenvalue weighted by molar-refractivity contribution is -0.118. The van der Waals surface area contributed by atoms with Crippen LogP contribution in [0.25, 0.3) is 10.2 Å². The minimum atomic E-state index is 0.0997. The minimum Gasteiger partial charge on any atom is -0.354 e. The first-order chi connectivity index (χ1) is 14.6.